The lowest BCUT2D eigenvalue weighted by Crippen LogP contribution is -1.97. The van der Waals surface area contributed by atoms with Crippen LogP contribution < -0.4 is 5.32 Å². The summed E-state index contributed by atoms with van der Waals surface area (Å²) in [5, 5.41) is 12.0. The molecule has 0 amide bonds. The Balaban J connectivity index is 1.66. The average molecular weight is 274 g/mol. The van der Waals surface area contributed by atoms with Gasteiger partial charge in [-0.2, -0.15) is 5.26 Å². The molecule has 3 nitrogen and oxygen atoms in total. The SMILES string of the molecule is N#Cc1ccc(CNc2ccc(-c3ccccc3)cc2)o1. The van der Waals surface area contributed by atoms with Gasteiger partial charge < -0.3 is 9.73 Å². The molecule has 3 aromatic rings. The summed E-state index contributed by atoms with van der Waals surface area (Å²) < 4.78 is 5.32. The van der Waals surface area contributed by atoms with Gasteiger partial charge in [-0.3, -0.25) is 0 Å². The number of rotatable bonds is 4. The Bertz CT molecular complexity index is 752. The van der Waals surface area contributed by atoms with Gasteiger partial charge >= 0.3 is 0 Å². The third kappa shape index (κ3) is 3.13. The van der Waals surface area contributed by atoms with Gasteiger partial charge in [-0.1, -0.05) is 42.5 Å². The topological polar surface area (TPSA) is 49.0 Å². The molecule has 21 heavy (non-hydrogen) atoms. The number of hydrogen-bond acceptors (Lipinski definition) is 3. The van der Waals surface area contributed by atoms with Crippen molar-refractivity contribution >= 4 is 5.69 Å². The normalized spacial score (nSPS) is 10.0. The van der Waals surface area contributed by atoms with Crippen LogP contribution in [0.3, 0.4) is 0 Å². The predicted molar refractivity (Wildman–Crippen MR) is 82.6 cm³/mol. The van der Waals surface area contributed by atoms with Crippen LogP contribution in [0.4, 0.5) is 5.69 Å². The fraction of sp³-hybridized carbons (Fsp3) is 0.0556. The summed E-state index contributed by atoms with van der Waals surface area (Å²) in [6.45, 7) is 0.562. The molecule has 2 aromatic carbocycles. The number of hydrogen-bond donors (Lipinski definition) is 1. The molecule has 1 heterocycles. The molecule has 3 rings (SSSR count). The van der Waals surface area contributed by atoms with Crippen molar-refractivity contribution in [1.29, 1.82) is 5.26 Å². The molecule has 0 radical (unpaired) electrons. The molecule has 1 N–H and O–H groups in total. The molecule has 0 fully saturated rings. The zero-order chi connectivity index (χ0) is 14.5. The Kier molecular flexibility index (Phi) is 3.70. The van der Waals surface area contributed by atoms with Gasteiger partial charge in [-0.05, 0) is 35.4 Å². The number of nitrogens with one attached hydrogen (secondary N) is 1. The van der Waals surface area contributed by atoms with E-state index in [2.05, 4.69) is 29.6 Å². The van der Waals surface area contributed by atoms with Crippen molar-refractivity contribution in [1.82, 2.24) is 0 Å². The number of furan rings is 1. The average Bonchev–Trinajstić information content (AvgIpc) is 3.02. The molecule has 0 saturated carbocycles. The molecule has 0 spiro atoms. The van der Waals surface area contributed by atoms with E-state index in [1.54, 1.807) is 6.07 Å². The first-order valence-electron chi connectivity index (χ1n) is 6.73. The van der Waals surface area contributed by atoms with Crippen LogP contribution in [-0.4, -0.2) is 0 Å². The highest BCUT2D eigenvalue weighted by molar-refractivity contribution is 5.65. The summed E-state index contributed by atoms with van der Waals surface area (Å²) in [6, 6.07) is 24.0. The van der Waals surface area contributed by atoms with Crippen LogP contribution in [0.2, 0.25) is 0 Å². The monoisotopic (exact) mass is 274 g/mol. The molecule has 0 saturated heterocycles. The summed E-state index contributed by atoms with van der Waals surface area (Å²) in [6.07, 6.45) is 0. The lowest BCUT2D eigenvalue weighted by Gasteiger charge is -2.06. The second-order valence-electron chi connectivity index (χ2n) is 4.67. The fourth-order valence-electron chi connectivity index (χ4n) is 2.13. The molecule has 3 heteroatoms. The van der Waals surface area contributed by atoms with Gasteiger partial charge in [0.15, 0.2) is 0 Å². The molecule has 0 aliphatic rings. The lowest BCUT2D eigenvalue weighted by molar-refractivity contribution is 0.506. The summed E-state index contributed by atoms with van der Waals surface area (Å²) in [5.41, 5.74) is 3.41. The van der Waals surface area contributed by atoms with Crippen molar-refractivity contribution in [2.45, 2.75) is 6.54 Å². The van der Waals surface area contributed by atoms with E-state index >= 15 is 0 Å². The third-order valence-corrected chi connectivity index (χ3v) is 3.23. The van der Waals surface area contributed by atoms with Crippen molar-refractivity contribution < 1.29 is 4.42 Å². The number of benzene rings is 2. The second kappa shape index (κ2) is 5.98. The minimum absolute atomic E-state index is 0.339. The number of anilines is 1. The van der Waals surface area contributed by atoms with Gasteiger partial charge in [0.2, 0.25) is 5.76 Å². The van der Waals surface area contributed by atoms with Crippen molar-refractivity contribution in [3.63, 3.8) is 0 Å². The van der Waals surface area contributed by atoms with Crippen molar-refractivity contribution in [2.75, 3.05) is 5.32 Å². The first-order chi connectivity index (χ1) is 10.3. The maximum Gasteiger partial charge on any atom is 0.203 e. The minimum Gasteiger partial charge on any atom is -0.449 e. The van der Waals surface area contributed by atoms with E-state index in [-0.39, 0.29) is 0 Å². The molecule has 0 atom stereocenters. The molecule has 0 aliphatic heterocycles. The van der Waals surface area contributed by atoms with E-state index in [4.69, 9.17) is 9.68 Å². The molecule has 1 aromatic heterocycles. The maximum atomic E-state index is 8.71. The van der Waals surface area contributed by atoms with Crippen LogP contribution >= 0.6 is 0 Å². The second-order valence-corrected chi connectivity index (χ2v) is 4.67. The molecule has 0 bridgehead atoms. The van der Waals surface area contributed by atoms with Gasteiger partial charge in [-0.25, -0.2) is 0 Å². The fourth-order valence-corrected chi connectivity index (χ4v) is 2.13. The molecular weight excluding hydrogens is 260 g/mol. The van der Waals surface area contributed by atoms with Crippen LogP contribution in [0.15, 0.2) is 71.1 Å². The van der Waals surface area contributed by atoms with E-state index in [9.17, 15) is 0 Å². The maximum absolute atomic E-state index is 8.71. The van der Waals surface area contributed by atoms with Gasteiger partial charge in [0, 0.05) is 5.69 Å². The van der Waals surface area contributed by atoms with Crippen LogP contribution in [-0.2, 0) is 6.54 Å². The number of nitriles is 1. The highest BCUT2D eigenvalue weighted by Gasteiger charge is 2.01. The largest absolute Gasteiger partial charge is 0.449 e. The van der Waals surface area contributed by atoms with E-state index in [1.165, 1.54) is 11.1 Å². The van der Waals surface area contributed by atoms with Gasteiger partial charge in [0.25, 0.3) is 0 Å². The van der Waals surface area contributed by atoms with E-state index in [0.29, 0.717) is 12.3 Å². The first kappa shape index (κ1) is 13.0. The Morgan fingerprint density at radius 3 is 2.24 bits per heavy atom. The first-order valence-corrected chi connectivity index (χ1v) is 6.73. The zero-order valence-electron chi connectivity index (χ0n) is 11.4. The summed E-state index contributed by atoms with van der Waals surface area (Å²) >= 11 is 0. The number of nitrogens with zero attached hydrogens (tertiary/aromatic N) is 1. The van der Waals surface area contributed by atoms with Crippen LogP contribution in [0, 0.1) is 11.3 Å². The van der Waals surface area contributed by atoms with Crippen molar-refractivity contribution in [3.05, 3.63) is 78.3 Å². The highest BCUT2D eigenvalue weighted by Crippen LogP contribution is 2.21. The highest BCUT2D eigenvalue weighted by atomic mass is 16.3. The Morgan fingerprint density at radius 1 is 0.857 bits per heavy atom. The van der Waals surface area contributed by atoms with E-state index < -0.39 is 0 Å². The predicted octanol–water partition coefficient (Wildman–Crippen LogP) is 4.43. The van der Waals surface area contributed by atoms with Crippen molar-refractivity contribution in [3.8, 4) is 17.2 Å². The zero-order valence-corrected chi connectivity index (χ0v) is 11.4. The van der Waals surface area contributed by atoms with Gasteiger partial charge in [-0.15, -0.1) is 0 Å². The van der Waals surface area contributed by atoms with Crippen molar-refractivity contribution in [2.24, 2.45) is 0 Å². The molecule has 0 aliphatic carbocycles. The van der Waals surface area contributed by atoms with Crippen LogP contribution in [0.1, 0.15) is 11.5 Å². The summed E-state index contributed by atoms with van der Waals surface area (Å²) in [5.74, 6) is 1.09. The smallest absolute Gasteiger partial charge is 0.203 e. The Labute approximate surface area is 123 Å². The molecule has 0 unspecified atom stereocenters. The van der Waals surface area contributed by atoms with E-state index in [0.717, 1.165) is 11.4 Å². The molecule has 102 valence electrons. The Morgan fingerprint density at radius 2 is 1.57 bits per heavy atom. The third-order valence-electron chi connectivity index (χ3n) is 3.23. The molecular formula is C18H14N2O. The van der Waals surface area contributed by atoms with Gasteiger partial charge in [0.05, 0.1) is 6.54 Å². The van der Waals surface area contributed by atoms with E-state index in [1.807, 2.05) is 42.5 Å². The summed E-state index contributed by atoms with van der Waals surface area (Å²) in [4.78, 5) is 0. The lowest BCUT2D eigenvalue weighted by atomic mass is 10.1. The standard InChI is InChI=1S/C18H14N2O/c19-12-17-10-11-18(21-17)13-20-16-8-6-15(7-9-16)14-4-2-1-3-5-14/h1-11,20H,13H2. The summed E-state index contributed by atoms with van der Waals surface area (Å²) in [7, 11) is 0. The Hall–Kier alpha value is -2.99. The quantitative estimate of drug-likeness (QED) is 0.765. The van der Waals surface area contributed by atoms with Crippen LogP contribution in [0.5, 0.6) is 0 Å². The van der Waals surface area contributed by atoms with Crippen LogP contribution in [0.25, 0.3) is 11.1 Å². The van der Waals surface area contributed by atoms with Gasteiger partial charge in [0.1, 0.15) is 11.8 Å². The minimum atomic E-state index is 0.339.